The molecule has 1 heterocycles. The van der Waals surface area contributed by atoms with Gasteiger partial charge in [-0.1, -0.05) is 6.92 Å². The van der Waals surface area contributed by atoms with Gasteiger partial charge < -0.3 is 4.74 Å². The molecule has 0 bridgehead atoms. The van der Waals surface area contributed by atoms with Crippen LogP contribution in [0.2, 0.25) is 0 Å². The van der Waals surface area contributed by atoms with E-state index in [0.29, 0.717) is 0 Å². The predicted octanol–water partition coefficient (Wildman–Crippen LogP) is 1.00. The molecule has 1 saturated heterocycles. The molecule has 1 aliphatic heterocycles. The molecule has 1 fully saturated rings. The molecule has 0 aromatic carbocycles. The standard InChI is InChI=1S/C5H9O/c1-2-5-3-6-4-5/h2-4H2,1H3. The highest BCUT2D eigenvalue weighted by atomic mass is 16.5. The molecule has 0 unspecified atom stereocenters. The minimum atomic E-state index is 0.927. The Hall–Kier alpha value is -0.0400. The van der Waals surface area contributed by atoms with Crippen LogP contribution in [0, 0.1) is 5.92 Å². The smallest absolute Gasteiger partial charge is 0.0551 e. The Balaban J connectivity index is 2.01. The van der Waals surface area contributed by atoms with Crippen molar-refractivity contribution in [2.45, 2.75) is 13.3 Å². The number of hydrogen-bond donors (Lipinski definition) is 0. The highest BCUT2D eigenvalue weighted by molar-refractivity contribution is 4.94. The third-order valence-corrected chi connectivity index (χ3v) is 1.11. The first-order valence-electron chi connectivity index (χ1n) is 2.35. The van der Waals surface area contributed by atoms with E-state index in [1.165, 1.54) is 6.42 Å². The van der Waals surface area contributed by atoms with Crippen molar-refractivity contribution in [2.24, 2.45) is 0 Å². The second-order valence-electron chi connectivity index (χ2n) is 1.60. The van der Waals surface area contributed by atoms with Crippen molar-refractivity contribution in [3.63, 3.8) is 0 Å². The summed E-state index contributed by atoms with van der Waals surface area (Å²) in [4.78, 5) is 0. The maximum absolute atomic E-state index is 4.89. The average Bonchev–Trinajstić information content (AvgIpc) is 1.31. The van der Waals surface area contributed by atoms with Crippen LogP contribution in [0.25, 0.3) is 0 Å². The lowest BCUT2D eigenvalue weighted by Gasteiger charge is -2.22. The molecular formula is C5H9O. The summed E-state index contributed by atoms with van der Waals surface area (Å²) in [7, 11) is 0. The lowest BCUT2D eigenvalue weighted by molar-refractivity contribution is 0.0604. The zero-order valence-electron chi connectivity index (χ0n) is 4.03. The van der Waals surface area contributed by atoms with Crippen LogP contribution >= 0.6 is 0 Å². The van der Waals surface area contributed by atoms with E-state index in [1.54, 1.807) is 5.92 Å². The van der Waals surface area contributed by atoms with Crippen LogP contribution in [0.15, 0.2) is 0 Å². The Bertz CT molecular complexity index is 36.4. The second kappa shape index (κ2) is 1.61. The van der Waals surface area contributed by atoms with E-state index in [1.807, 2.05) is 0 Å². The lowest BCUT2D eigenvalue weighted by atomic mass is 10.1. The summed E-state index contributed by atoms with van der Waals surface area (Å²) in [5.41, 5.74) is 0. The van der Waals surface area contributed by atoms with Crippen molar-refractivity contribution in [1.82, 2.24) is 0 Å². The van der Waals surface area contributed by atoms with Crippen molar-refractivity contribution in [3.8, 4) is 0 Å². The van der Waals surface area contributed by atoms with Crippen molar-refractivity contribution in [3.05, 3.63) is 5.92 Å². The van der Waals surface area contributed by atoms with Gasteiger partial charge in [0, 0.05) is 5.92 Å². The molecule has 0 atom stereocenters. The monoisotopic (exact) mass is 85.1 g/mol. The maximum Gasteiger partial charge on any atom is 0.0551 e. The van der Waals surface area contributed by atoms with Gasteiger partial charge in [0.1, 0.15) is 0 Å². The van der Waals surface area contributed by atoms with Crippen LogP contribution in [0.4, 0.5) is 0 Å². The van der Waals surface area contributed by atoms with E-state index in [2.05, 4.69) is 6.92 Å². The lowest BCUT2D eigenvalue weighted by Crippen LogP contribution is -2.23. The van der Waals surface area contributed by atoms with Crippen LogP contribution in [0.1, 0.15) is 13.3 Å². The molecule has 1 heteroatoms. The summed E-state index contributed by atoms with van der Waals surface area (Å²) in [5.74, 6) is 1.55. The second-order valence-corrected chi connectivity index (χ2v) is 1.60. The van der Waals surface area contributed by atoms with Gasteiger partial charge in [-0.15, -0.1) is 0 Å². The van der Waals surface area contributed by atoms with Gasteiger partial charge in [-0.3, -0.25) is 0 Å². The van der Waals surface area contributed by atoms with Gasteiger partial charge in [-0.2, -0.15) is 0 Å². The Kier molecular flexibility index (Phi) is 1.10. The normalized spacial score (nSPS) is 23.5. The molecule has 6 heavy (non-hydrogen) atoms. The molecule has 0 saturated carbocycles. The summed E-state index contributed by atoms with van der Waals surface area (Å²) >= 11 is 0. The summed E-state index contributed by atoms with van der Waals surface area (Å²) in [6.45, 7) is 4.02. The quantitative estimate of drug-likeness (QED) is 0.461. The van der Waals surface area contributed by atoms with Crippen molar-refractivity contribution in [2.75, 3.05) is 13.2 Å². The molecule has 0 aromatic rings. The van der Waals surface area contributed by atoms with Crippen LogP contribution < -0.4 is 0 Å². The molecule has 1 rings (SSSR count). The zero-order chi connectivity index (χ0) is 4.41. The summed E-state index contributed by atoms with van der Waals surface area (Å²) < 4.78 is 4.89. The highest BCUT2D eigenvalue weighted by Crippen LogP contribution is 2.14. The molecule has 0 spiro atoms. The third-order valence-electron chi connectivity index (χ3n) is 1.11. The summed E-state index contributed by atoms with van der Waals surface area (Å²) in [6.07, 6.45) is 1.21. The van der Waals surface area contributed by atoms with Crippen molar-refractivity contribution >= 4 is 0 Å². The van der Waals surface area contributed by atoms with E-state index in [-0.39, 0.29) is 0 Å². The largest absolute Gasteiger partial charge is 0.380 e. The third kappa shape index (κ3) is 0.548. The van der Waals surface area contributed by atoms with Crippen molar-refractivity contribution in [1.29, 1.82) is 0 Å². The van der Waals surface area contributed by atoms with Crippen LogP contribution in [-0.4, -0.2) is 13.2 Å². The van der Waals surface area contributed by atoms with Gasteiger partial charge in [0.25, 0.3) is 0 Å². The van der Waals surface area contributed by atoms with Crippen LogP contribution in [0.5, 0.6) is 0 Å². The molecule has 1 radical (unpaired) electrons. The van der Waals surface area contributed by atoms with Gasteiger partial charge in [0.2, 0.25) is 0 Å². The SMILES string of the molecule is CC[C]1COC1. The van der Waals surface area contributed by atoms with Gasteiger partial charge in [-0.05, 0) is 6.42 Å². The van der Waals surface area contributed by atoms with Crippen LogP contribution in [-0.2, 0) is 4.74 Å². The summed E-state index contributed by atoms with van der Waals surface area (Å²) in [5, 5.41) is 0. The number of ether oxygens (including phenoxy) is 1. The molecule has 0 aromatic heterocycles. The highest BCUT2D eigenvalue weighted by Gasteiger charge is 2.15. The van der Waals surface area contributed by atoms with E-state index in [0.717, 1.165) is 13.2 Å². The minimum Gasteiger partial charge on any atom is -0.380 e. The Morgan fingerprint density at radius 3 is 2.33 bits per heavy atom. The fourth-order valence-corrected chi connectivity index (χ4v) is 0.451. The van der Waals surface area contributed by atoms with Crippen LogP contribution in [0.3, 0.4) is 0 Å². The number of rotatable bonds is 1. The van der Waals surface area contributed by atoms with E-state index < -0.39 is 0 Å². The minimum absolute atomic E-state index is 0.927. The van der Waals surface area contributed by atoms with Gasteiger partial charge >= 0.3 is 0 Å². The Labute approximate surface area is 38.3 Å². The topological polar surface area (TPSA) is 9.23 Å². The first-order valence-corrected chi connectivity index (χ1v) is 2.35. The average molecular weight is 85.1 g/mol. The van der Waals surface area contributed by atoms with E-state index in [9.17, 15) is 0 Å². The summed E-state index contributed by atoms with van der Waals surface area (Å²) in [6, 6.07) is 0. The van der Waals surface area contributed by atoms with Gasteiger partial charge in [0.15, 0.2) is 0 Å². The molecule has 35 valence electrons. The Morgan fingerprint density at radius 1 is 1.67 bits per heavy atom. The molecular weight excluding hydrogens is 76.1 g/mol. The fourth-order valence-electron chi connectivity index (χ4n) is 0.451. The first kappa shape index (κ1) is 4.13. The zero-order valence-corrected chi connectivity index (χ0v) is 4.03. The van der Waals surface area contributed by atoms with Crippen molar-refractivity contribution < 1.29 is 4.74 Å². The molecule has 0 amide bonds. The molecule has 1 aliphatic rings. The number of hydrogen-bond acceptors (Lipinski definition) is 1. The molecule has 1 nitrogen and oxygen atoms in total. The van der Waals surface area contributed by atoms with Gasteiger partial charge in [0.05, 0.1) is 13.2 Å². The first-order chi connectivity index (χ1) is 2.93. The fraction of sp³-hybridized carbons (Fsp3) is 0.800. The predicted molar refractivity (Wildman–Crippen MR) is 24.4 cm³/mol. The maximum atomic E-state index is 4.89. The molecule has 0 N–H and O–H groups in total. The van der Waals surface area contributed by atoms with E-state index in [4.69, 9.17) is 4.74 Å². The van der Waals surface area contributed by atoms with Gasteiger partial charge in [-0.25, -0.2) is 0 Å². The van der Waals surface area contributed by atoms with E-state index >= 15 is 0 Å². The Morgan fingerprint density at radius 2 is 2.33 bits per heavy atom. The molecule has 0 aliphatic carbocycles.